The van der Waals surface area contributed by atoms with E-state index < -0.39 is 34.4 Å². The van der Waals surface area contributed by atoms with Crippen LogP contribution in [0, 0.1) is 0 Å². The topological polar surface area (TPSA) is 65.1 Å². The summed E-state index contributed by atoms with van der Waals surface area (Å²) in [6, 6.07) is 9.76. The molecule has 1 aliphatic carbocycles. The van der Waals surface area contributed by atoms with Gasteiger partial charge in [-0.3, -0.25) is 14.4 Å². The van der Waals surface area contributed by atoms with Crippen molar-refractivity contribution in [1.82, 2.24) is 5.06 Å². The SMILES string of the molecule is CC(C)(C)[Si](C)(C)O[C@@H]1C(=O)C=C[C@]2(CC(=O)N2OCc2ccccc2)[C@@H]1O[Si](C)(C)C(C)(C)C. The maximum atomic E-state index is 13.3. The molecule has 1 fully saturated rings. The van der Waals surface area contributed by atoms with Gasteiger partial charge in [0.15, 0.2) is 22.4 Å². The maximum Gasteiger partial charge on any atom is 0.249 e. The van der Waals surface area contributed by atoms with Crippen LogP contribution in [0.2, 0.25) is 36.3 Å². The van der Waals surface area contributed by atoms with E-state index in [4.69, 9.17) is 13.7 Å². The Labute approximate surface area is 213 Å². The lowest BCUT2D eigenvalue weighted by atomic mass is 9.74. The van der Waals surface area contributed by atoms with Gasteiger partial charge in [-0.1, -0.05) is 71.9 Å². The van der Waals surface area contributed by atoms with Crippen LogP contribution < -0.4 is 0 Å². The van der Waals surface area contributed by atoms with Crippen molar-refractivity contribution in [3.63, 3.8) is 0 Å². The van der Waals surface area contributed by atoms with Crippen LogP contribution in [0.3, 0.4) is 0 Å². The molecule has 0 unspecified atom stereocenters. The zero-order valence-corrected chi connectivity index (χ0v) is 25.1. The lowest BCUT2D eigenvalue weighted by Crippen LogP contribution is -2.75. The van der Waals surface area contributed by atoms with E-state index in [-0.39, 0.29) is 34.8 Å². The number of hydrogen-bond donors (Lipinski definition) is 0. The molecule has 194 valence electrons. The zero-order valence-electron chi connectivity index (χ0n) is 23.1. The predicted octanol–water partition coefficient (Wildman–Crippen LogP) is 6.01. The fraction of sp³-hybridized carbons (Fsp3) is 0.630. The fourth-order valence-corrected chi connectivity index (χ4v) is 6.42. The molecule has 8 heteroatoms. The maximum absolute atomic E-state index is 13.3. The smallest absolute Gasteiger partial charge is 0.249 e. The van der Waals surface area contributed by atoms with Crippen LogP contribution in [0.15, 0.2) is 42.5 Å². The number of rotatable bonds is 7. The van der Waals surface area contributed by atoms with Gasteiger partial charge >= 0.3 is 0 Å². The van der Waals surface area contributed by atoms with Crippen molar-refractivity contribution >= 4 is 28.3 Å². The molecule has 1 aromatic rings. The number of benzene rings is 1. The van der Waals surface area contributed by atoms with Crippen molar-refractivity contribution in [2.24, 2.45) is 0 Å². The monoisotopic (exact) mass is 517 g/mol. The summed E-state index contributed by atoms with van der Waals surface area (Å²) in [6.07, 6.45) is 2.18. The molecular weight excluding hydrogens is 474 g/mol. The number of carbonyl (C=O) groups excluding carboxylic acids is 2. The van der Waals surface area contributed by atoms with E-state index in [2.05, 4.69) is 67.7 Å². The van der Waals surface area contributed by atoms with Gasteiger partial charge in [-0.15, -0.1) is 0 Å². The molecule has 3 rings (SSSR count). The summed E-state index contributed by atoms with van der Waals surface area (Å²) in [5.74, 6) is -0.221. The molecule has 1 saturated heterocycles. The molecular formula is C27H43NO5Si2. The van der Waals surface area contributed by atoms with E-state index >= 15 is 0 Å². The highest BCUT2D eigenvalue weighted by Gasteiger charge is 2.63. The number of amides is 1. The lowest BCUT2D eigenvalue weighted by Gasteiger charge is -2.58. The second-order valence-corrected chi connectivity index (χ2v) is 22.5. The lowest BCUT2D eigenvalue weighted by molar-refractivity contribution is -0.272. The minimum atomic E-state index is -2.34. The molecule has 3 atom stereocenters. The number of β-lactam (4-membered cyclic amide) rings is 1. The molecule has 2 aliphatic rings. The molecule has 0 bridgehead atoms. The average Bonchev–Trinajstić information content (AvgIpc) is 2.71. The Morgan fingerprint density at radius 3 is 1.97 bits per heavy atom. The molecule has 6 nitrogen and oxygen atoms in total. The van der Waals surface area contributed by atoms with Gasteiger partial charge in [-0.05, 0) is 54.0 Å². The molecule has 1 heterocycles. The van der Waals surface area contributed by atoms with Crippen LogP contribution in [0.1, 0.15) is 53.5 Å². The molecule has 1 amide bonds. The van der Waals surface area contributed by atoms with E-state index in [1.165, 1.54) is 5.06 Å². The number of hydrogen-bond acceptors (Lipinski definition) is 5. The van der Waals surface area contributed by atoms with Crippen LogP contribution in [0.5, 0.6) is 0 Å². The minimum Gasteiger partial charge on any atom is -0.408 e. The van der Waals surface area contributed by atoms with Gasteiger partial charge in [0.1, 0.15) is 24.4 Å². The van der Waals surface area contributed by atoms with Crippen molar-refractivity contribution in [1.29, 1.82) is 0 Å². The van der Waals surface area contributed by atoms with Gasteiger partial charge < -0.3 is 8.85 Å². The second kappa shape index (κ2) is 9.37. The number of nitrogens with zero attached hydrogens (tertiary/aromatic N) is 1. The summed E-state index contributed by atoms with van der Waals surface area (Å²) in [7, 11) is -4.66. The first kappa shape index (κ1) is 28.0. The molecule has 1 aliphatic heterocycles. The summed E-state index contributed by atoms with van der Waals surface area (Å²) in [6.45, 7) is 21.9. The molecule has 0 aromatic heterocycles. The summed E-state index contributed by atoms with van der Waals surface area (Å²) in [5, 5.41) is 1.27. The average molecular weight is 518 g/mol. The van der Waals surface area contributed by atoms with Crippen molar-refractivity contribution in [3.05, 3.63) is 48.0 Å². The first-order valence-electron chi connectivity index (χ1n) is 12.5. The largest absolute Gasteiger partial charge is 0.408 e. The summed E-state index contributed by atoms with van der Waals surface area (Å²) in [5.41, 5.74) is 0.0941. The Morgan fingerprint density at radius 2 is 1.46 bits per heavy atom. The first-order valence-corrected chi connectivity index (χ1v) is 18.3. The zero-order chi connectivity index (χ0) is 26.4. The standard InChI is InChI=1S/C27H43NO5Si2/c1-25(2,3)34(7,8)32-23-21(29)16-17-27(24(23)33-35(9,10)26(4,5)6)18-22(30)28(27)31-19-20-14-12-11-13-15-20/h11-17,23-24H,18-19H2,1-10H3/t23-,24-,27+/m1/s1. The van der Waals surface area contributed by atoms with Gasteiger partial charge in [-0.25, -0.2) is 5.06 Å². The Bertz CT molecular complexity index is 978. The number of ketones is 1. The predicted molar refractivity (Wildman–Crippen MR) is 144 cm³/mol. The first-order chi connectivity index (χ1) is 15.9. The fourth-order valence-electron chi connectivity index (χ4n) is 3.87. The minimum absolute atomic E-state index is 0.0800. The molecule has 1 spiro atoms. The molecule has 1 aromatic carbocycles. The highest BCUT2D eigenvalue weighted by atomic mass is 28.4. The van der Waals surface area contributed by atoms with Crippen molar-refractivity contribution in [3.8, 4) is 0 Å². The van der Waals surface area contributed by atoms with Crippen molar-refractivity contribution in [2.75, 3.05) is 0 Å². The number of hydroxylamine groups is 2. The highest BCUT2D eigenvalue weighted by molar-refractivity contribution is 6.74. The highest BCUT2D eigenvalue weighted by Crippen LogP contribution is 2.48. The normalized spacial score (nSPS) is 25.8. The number of carbonyl (C=O) groups is 2. The van der Waals surface area contributed by atoms with Crippen LogP contribution >= 0.6 is 0 Å². The van der Waals surface area contributed by atoms with Crippen LogP contribution in [-0.4, -0.2) is 51.1 Å². The van der Waals surface area contributed by atoms with Crippen LogP contribution in [0.4, 0.5) is 0 Å². The van der Waals surface area contributed by atoms with Crippen LogP contribution in [0.25, 0.3) is 0 Å². The van der Waals surface area contributed by atoms with E-state index in [1.807, 2.05) is 36.4 Å². The Balaban J connectivity index is 2.01. The third kappa shape index (κ3) is 5.41. The quantitative estimate of drug-likeness (QED) is 0.327. The van der Waals surface area contributed by atoms with Gasteiger partial charge in [0.2, 0.25) is 5.91 Å². The van der Waals surface area contributed by atoms with Crippen molar-refractivity contribution in [2.45, 2.75) is 109 Å². The summed E-state index contributed by atoms with van der Waals surface area (Å²) >= 11 is 0. The van der Waals surface area contributed by atoms with E-state index in [0.717, 1.165) is 5.56 Å². The van der Waals surface area contributed by atoms with Gasteiger partial charge in [0, 0.05) is 0 Å². The molecule has 0 N–H and O–H groups in total. The third-order valence-corrected chi connectivity index (χ3v) is 17.2. The Morgan fingerprint density at radius 1 is 0.914 bits per heavy atom. The van der Waals surface area contributed by atoms with E-state index in [9.17, 15) is 9.59 Å². The van der Waals surface area contributed by atoms with Gasteiger partial charge in [0.05, 0.1) is 6.42 Å². The molecule has 35 heavy (non-hydrogen) atoms. The van der Waals surface area contributed by atoms with Gasteiger partial charge in [-0.2, -0.15) is 0 Å². The molecule has 0 radical (unpaired) electrons. The van der Waals surface area contributed by atoms with E-state index in [0.29, 0.717) is 0 Å². The van der Waals surface area contributed by atoms with Crippen molar-refractivity contribution < 1.29 is 23.3 Å². The summed E-state index contributed by atoms with van der Waals surface area (Å²) in [4.78, 5) is 32.3. The van der Waals surface area contributed by atoms with E-state index in [1.54, 1.807) is 6.08 Å². The third-order valence-electron chi connectivity index (χ3n) is 8.28. The Kier molecular flexibility index (Phi) is 7.50. The Hall–Kier alpha value is -1.59. The molecule has 0 saturated carbocycles. The van der Waals surface area contributed by atoms with Crippen LogP contribution in [-0.2, 0) is 29.9 Å². The van der Waals surface area contributed by atoms with Gasteiger partial charge in [0.25, 0.3) is 0 Å². The summed E-state index contributed by atoms with van der Waals surface area (Å²) < 4.78 is 13.7. The second-order valence-electron chi connectivity index (χ2n) is 12.9.